The second-order valence-corrected chi connectivity index (χ2v) is 9.67. The van der Waals surface area contributed by atoms with Crippen LogP contribution in [0.2, 0.25) is 0 Å². The third-order valence-electron chi connectivity index (χ3n) is 6.97. The molecule has 0 aromatic heterocycles. The molecule has 35 heavy (non-hydrogen) atoms. The maximum Gasteiger partial charge on any atom is 0.227 e. The number of amides is 1. The van der Waals surface area contributed by atoms with Gasteiger partial charge >= 0.3 is 0 Å². The number of benzene rings is 1. The van der Waals surface area contributed by atoms with E-state index in [9.17, 15) is 4.79 Å². The standard InChI is InChI=1S/C30H45NO4/c1-3-15-26-25-17-20-29(32)31(27(25)18-19-28(26)33-22-4-2)21-12-9-7-5-6-8-10-13-23-34-30-16-11-14-24-35-30/h3-4,18-19,30H,1-2,5-17,20-24H2. The van der Waals surface area contributed by atoms with Crippen molar-refractivity contribution >= 4 is 11.6 Å². The molecule has 5 heteroatoms. The first-order chi connectivity index (χ1) is 17.2. The largest absolute Gasteiger partial charge is 0.489 e. The molecule has 2 heterocycles. The van der Waals surface area contributed by atoms with Crippen molar-refractivity contribution in [1.29, 1.82) is 0 Å². The van der Waals surface area contributed by atoms with Crippen molar-refractivity contribution in [3.05, 3.63) is 48.6 Å². The van der Waals surface area contributed by atoms with Gasteiger partial charge in [-0.15, -0.1) is 6.58 Å². The predicted octanol–water partition coefficient (Wildman–Crippen LogP) is 6.92. The molecule has 194 valence electrons. The molecule has 0 radical (unpaired) electrons. The first kappa shape index (κ1) is 27.5. The Morgan fingerprint density at radius 2 is 1.74 bits per heavy atom. The predicted molar refractivity (Wildman–Crippen MR) is 143 cm³/mol. The zero-order valence-corrected chi connectivity index (χ0v) is 21.6. The smallest absolute Gasteiger partial charge is 0.227 e. The van der Waals surface area contributed by atoms with Gasteiger partial charge in [-0.25, -0.2) is 0 Å². The average Bonchev–Trinajstić information content (AvgIpc) is 2.88. The summed E-state index contributed by atoms with van der Waals surface area (Å²) in [7, 11) is 0. The van der Waals surface area contributed by atoms with E-state index in [0.29, 0.717) is 13.0 Å². The normalized spacial score (nSPS) is 17.8. The highest BCUT2D eigenvalue weighted by Gasteiger charge is 2.27. The maximum atomic E-state index is 12.7. The van der Waals surface area contributed by atoms with Crippen LogP contribution in [0, 0.1) is 0 Å². The topological polar surface area (TPSA) is 48.0 Å². The fourth-order valence-corrected chi connectivity index (χ4v) is 5.08. The van der Waals surface area contributed by atoms with Crippen molar-refractivity contribution in [2.24, 2.45) is 0 Å². The van der Waals surface area contributed by atoms with Crippen molar-refractivity contribution in [3.63, 3.8) is 0 Å². The number of nitrogens with zero attached hydrogens (tertiary/aromatic N) is 1. The monoisotopic (exact) mass is 483 g/mol. The van der Waals surface area contributed by atoms with Gasteiger partial charge in [-0.2, -0.15) is 0 Å². The minimum atomic E-state index is 0.0451. The van der Waals surface area contributed by atoms with Gasteiger partial charge in [0.15, 0.2) is 6.29 Å². The summed E-state index contributed by atoms with van der Waals surface area (Å²) in [6, 6.07) is 4.06. The van der Waals surface area contributed by atoms with Gasteiger partial charge in [-0.1, -0.05) is 57.3 Å². The van der Waals surface area contributed by atoms with Crippen LogP contribution in [0.4, 0.5) is 5.69 Å². The molecular formula is C30H45NO4. The van der Waals surface area contributed by atoms with E-state index < -0.39 is 0 Å². The van der Waals surface area contributed by atoms with Crippen LogP contribution in [0.15, 0.2) is 37.4 Å². The minimum absolute atomic E-state index is 0.0451. The highest BCUT2D eigenvalue weighted by atomic mass is 16.7. The number of unbranched alkanes of at least 4 members (excludes halogenated alkanes) is 7. The summed E-state index contributed by atoms with van der Waals surface area (Å²) in [6.45, 7) is 10.6. The van der Waals surface area contributed by atoms with Crippen LogP contribution < -0.4 is 9.64 Å². The highest BCUT2D eigenvalue weighted by molar-refractivity contribution is 5.97. The van der Waals surface area contributed by atoms with Crippen molar-refractivity contribution in [1.82, 2.24) is 0 Å². The van der Waals surface area contributed by atoms with E-state index in [4.69, 9.17) is 14.2 Å². The first-order valence-corrected chi connectivity index (χ1v) is 13.8. The second-order valence-electron chi connectivity index (χ2n) is 9.67. The fraction of sp³-hybridized carbons (Fsp3) is 0.633. The van der Waals surface area contributed by atoms with Crippen molar-refractivity contribution in [2.45, 2.75) is 96.2 Å². The second kappa shape index (κ2) is 15.8. The summed E-state index contributed by atoms with van der Waals surface area (Å²) >= 11 is 0. The Balaban J connectivity index is 1.33. The molecule has 2 aliphatic rings. The highest BCUT2D eigenvalue weighted by Crippen LogP contribution is 2.36. The summed E-state index contributed by atoms with van der Waals surface area (Å²) in [5.41, 5.74) is 3.46. The Morgan fingerprint density at radius 1 is 0.971 bits per heavy atom. The molecule has 0 bridgehead atoms. The SMILES string of the molecule is C=CCOc1ccc2c(c1CC=C)CCC(=O)N2CCCCCCCCCCOC1CCCCO1. The van der Waals surface area contributed by atoms with E-state index in [1.807, 2.05) is 17.0 Å². The van der Waals surface area contributed by atoms with Gasteiger partial charge in [0, 0.05) is 37.4 Å². The lowest BCUT2D eigenvalue weighted by molar-refractivity contribution is -0.162. The van der Waals surface area contributed by atoms with E-state index >= 15 is 0 Å². The summed E-state index contributed by atoms with van der Waals surface area (Å²) in [4.78, 5) is 14.7. The maximum absolute atomic E-state index is 12.7. The Kier molecular flexibility index (Phi) is 12.4. The number of carbonyl (C=O) groups excluding carboxylic acids is 1. The molecule has 1 unspecified atom stereocenters. The van der Waals surface area contributed by atoms with E-state index in [-0.39, 0.29) is 12.2 Å². The summed E-state index contributed by atoms with van der Waals surface area (Å²) in [5.74, 6) is 1.12. The molecule has 1 amide bonds. The van der Waals surface area contributed by atoms with Gasteiger partial charge in [0.1, 0.15) is 12.4 Å². The fourth-order valence-electron chi connectivity index (χ4n) is 5.08. The van der Waals surface area contributed by atoms with Gasteiger partial charge in [0.25, 0.3) is 0 Å². The molecule has 3 rings (SSSR count). The van der Waals surface area contributed by atoms with Crippen LogP contribution >= 0.6 is 0 Å². The average molecular weight is 484 g/mol. The first-order valence-electron chi connectivity index (χ1n) is 13.8. The number of fused-ring (bicyclic) bond motifs is 1. The Hall–Kier alpha value is -2.11. The van der Waals surface area contributed by atoms with Gasteiger partial charge in [-0.05, 0) is 62.6 Å². The molecular weight excluding hydrogens is 438 g/mol. The Morgan fingerprint density at radius 3 is 2.46 bits per heavy atom. The third kappa shape index (κ3) is 8.80. The molecule has 0 aliphatic carbocycles. The van der Waals surface area contributed by atoms with Crippen molar-refractivity contribution < 1.29 is 19.0 Å². The van der Waals surface area contributed by atoms with Gasteiger partial charge < -0.3 is 19.1 Å². The number of anilines is 1. The van der Waals surface area contributed by atoms with E-state index in [2.05, 4.69) is 19.2 Å². The van der Waals surface area contributed by atoms with Crippen LogP contribution in [0.5, 0.6) is 5.75 Å². The molecule has 0 saturated carbocycles. The molecule has 5 nitrogen and oxygen atoms in total. The lowest BCUT2D eigenvalue weighted by Crippen LogP contribution is -2.36. The van der Waals surface area contributed by atoms with Crippen molar-refractivity contribution in [2.75, 3.05) is 31.3 Å². The molecule has 2 aliphatic heterocycles. The number of hydrogen-bond acceptors (Lipinski definition) is 4. The molecule has 0 N–H and O–H groups in total. The van der Waals surface area contributed by atoms with E-state index in [0.717, 1.165) is 68.9 Å². The number of carbonyl (C=O) groups is 1. The Labute approximate surface area is 212 Å². The molecule has 1 saturated heterocycles. The zero-order chi connectivity index (χ0) is 24.7. The van der Waals surface area contributed by atoms with Crippen LogP contribution in [-0.4, -0.2) is 38.6 Å². The van der Waals surface area contributed by atoms with Crippen molar-refractivity contribution in [3.8, 4) is 5.75 Å². The van der Waals surface area contributed by atoms with Crippen LogP contribution in [-0.2, 0) is 27.1 Å². The van der Waals surface area contributed by atoms with Crippen LogP contribution in [0.25, 0.3) is 0 Å². The van der Waals surface area contributed by atoms with Gasteiger partial charge in [0.05, 0.1) is 0 Å². The molecule has 1 aromatic carbocycles. The summed E-state index contributed by atoms with van der Waals surface area (Å²) in [5, 5.41) is 0. The van der Waals surface area contributed by atoms with Gasteiger partial charge in [0.2, 0.25) is 5.91 Å². The lowest BCUT2D eigenvalue weighted by Gasteiger charge is -2.31. The van der Waals surface area contributed by atoms with E-state index in [1.165, 1.54) is 56.9 Å². The lowest BCUT2D eigenvalue weighted by atomic mass is 9.93. The number of allylic oxidation sites excluding steroid dienone is 1. The quantitative estimate of drug-likeness (QED) is 0.178. The number of rotatable bonds is 17. The molecule has 1 aromatic rings. The van der Waals surface area contributed by atoms with Crippen LogP contribution in [0.1, 0.15) is 88.2 Å². The number of hydrogen-bond donors (Lipinski definition) is 0. The summed E-state index contributed by atoms with van der Waals surface area (Å²) in [6.07, 6.45) is 18.9. The van der Waals surface area contributed by atoms with Crippen LogP contribution in [0.3, 0.4) is 0 Å². The molecule has 0 spiro atoms. The zero-order valence-electron chi connectivity index (χ0n) is 21.6. The third-order valence-corrected chi connectivity index (χ3v) is 6.97. The number of ether oxygens (including phenoxy) is 3. The minimum Gasteiger partial charge on any atom is -0.489 e. The Bertz CT molecular complexity index is 800. The molecule has 1 fully saturated rings. The van der Waals surface area contributed by atoms with Gasteiger partial charge in [-0.3, -0.25) is 4.79 Å². The van der Waals surface area contributed by atoms with E-state index in [1.54, 1.807) is 6.08 Å². The molecule has 1 atom stereocenters. The summed E-state index contributed by atoms with van der Waals surface area (Å²) < 4.78 is 17.3.